The lowest BCUT2D eigenvalue weighted by atomic mass is 10.1. The summed E-state index contributed by atoms with van der Waals surface area (Å²) in [5.41, 5.74) is 1.10. The molecule has 2 N–H and O–H groups in total. The minimum absolute atomic E-state index is 0.224. The molecule has 3 aromatic rings. The number of H-pyrrole nitrogens is 1. The Balaban J connectivity index is 1.38. The van der Waals surface area contributed by atoms with Crippen LogP contribution in [0.3, 0.4) is 0 Å². The van der Waals surface area contributed by atoms with Gasteiger partial charge in [-0.1, -0.05) is 23.7 Å². The number of carbonyl (C=O) groups excluding carboxylic acids is 4. The van der Waals surface area contributed by atoms with Crippen LogP contribution in [0.1, 0.15) is 41.5 Å². The number of aromatic amines is 1. The molecule has 0 atom stereocenters. The van der Waals surface area contributed by atoms with Crippen molar-refractivity contribution in [1.29, 1.82) is 0 Å². The Bertz CT molecular complexity index is 1340. The van der Waals surface area contributed by atoms with Crippen molar-refractivity contribution in [3.63, 3.8) is 0 Å². The molecule has 1 aromatic heterocycles. The van der Waals surface area contributed by atoms with Crippen molar-refractivity contribution in [2.24, 2.45) is 0 Å². The minimum atomic E-state index is -0.643. The van der Waals surface area contributed by atoms with Crippen LogP contribution in [0.5, 0.6) is 0 Å². The number of halogens is 1. The van der Waals surface area contributed by atoms with E-state index in [0.717, 1.165) is 0 Å². The second kappa shape index (κ2) is 10.0. The third-order valence-electron chi connectivity index (χ3n) is 5.70. The van der Waals surface area contributed by atoms with Gasteiger partial charge in [-0.15, -0.1) is 0 Å². The third-order valence-corrected chi connectivity index (χ3v) is 6.02. The number of carbonyl (C=O) groups is 4. The molecular weight excluding hydrogens is 484 g/mol. The summed E-state index contributed by atoms with van der Waals surface area (Å²) < 4.78 is 5.25. The Morgan fingerprint density at radius 3 is 2.33 bits per heavy atom. The van der Waals surface area contributed by atoms with Crippen LogP contribution in [0.2, 0.25) is 5.02 Å². The number of nitrogens with one attached hydrogen (secondary N) is 2. The summed E-state index contributed by atoms with van der Waals surface area (Å²) in [4.78, 5) is 56.9. The lowest BCUT2D eigenvalue weighted by molar-refractivity contribution is -0.127. The van der Waals surface area contributed by atoms with Gasteiger partial charge in [0.1, 0.15) is 5.60 Å². The molecule has 4 rings (SSSR count). The number of ketones is 1. The number of Topliss-reactive ketones (excluding diaryl/α,β-unsaturated/α-hetero) is 1. The number of ether oxygens (including phenoxy) is 1. The van der Waals surface area contributed by atoms with E-state index >= 15 is 0 Å². The second-order valence-corrected chi connectivity index (χ2v) is 9.89. The average molecular weight is 511 g/mol. The standard InChI is InChI=1S/C26H27ClN4O5/c1-26(2,3)36-25(35)29-17-7-4-6-16(14-17)23(33)30-10-12-31(13-11-30)24(34)22(32)18-15-28-20-9-5-8-19(27)21(18)20/h4-9,14-15,28H,10-13H2,1-3H3,(H,29,35). The zero-order valence-corrected chi connectivity index (χ0v) is 21.0. The van der Waals surface area contributed by atoms with Crippen molar-refractivity contribution in [2.45, 2.75) is 26.4 Å². The molecule has 2 aromatic carbocycles. The van der Waals surface area contributed by atoms with E-state index in [1.807, 2.05) is 0 Å². The highest BCUT2D eigenvalue weighted by molar-refractivity contribution is 6.47. The maximum Gasteiger partial charge on any atom is 0.412 e. The lowest BCUT2D eigenvalue weighted by Gasteiger charge is -2.34. The molecule has 9 nitrogen and oxygen atoms in total. The molecule has 0 bridgehead atoms. The first-order chi connectivity index (χ1) is 17.0. The molecule has 1 saturated heterocycles. The van der Waals surface area contributed by atoms with Gasteiger partial charge in [-0.05, 0) is 51.1 Å². The summed E-state index contributed by atoms with van der Waals surface area (Å²) >= 11 is 6.25. The predicted octanol–water partition coefficient (Wildman–Crippen LogP) is 4.34. The van der Waals surface area contributed by atoms with E-state index in [2.05, 4.69) is 10.3 Å². The Morgan fingerprint density at radius 1 is 0.972 bits per heavy atom. The summed E-state index contributed by atoms with van der Waals surface area (Å²) in [7, 11) is 0. The number of hydrogen-bond donors (Lipinski definition) is 2. The predicted molar refractivity (Wildman–Crippen MR) is 136 cm³/mol. The number of aromatic nitrogens is 1. The highest BCUT2D eigenvalue weighted by atomic mass is 35.5. The van der Waals surface area contributed by atoms with Crippen LogP contribution >= 0.6 is 11.6 Å². The lowest BCUT2D eigenvalue weighted by Crippen LogP contribution is -2.52. The van der Waals surface area contributed by atoms with E-state index in [1.54, 1.807) is 68.1 Å². The van der Waals surface area contributed by atoms with Crippen LogP contribution in [0.25, 0.3) is 10.9 Å². The molecule has 0 aliphatic carbocycles. The van der Waals surface area contributed by atoms with E-state index in [-0.39, 0.29) is 37.6 Å². The fourth-order valence-electron chi connectivity index (χ4n) is 4.02. The molecule has 36 heavy (non-hydrogen) atoms. The van der Waals surface area contributed by atoms with Crippen molar-refractivity contribution in [2.75, 3.05) is 31.5 Å². The highest BCUT2D eigenvalue weighted by Crippen LogP contribution is 2.27. The van der Waals surface area contributed by atoms with Crippen LogP contribution in [-0.2, 0) is 9.53 Å². The van der Waals surface area contributed by atoms with Gasteiger partial charge in [0.25, 0.3) is 17.6 Å². The monoisotopic (exact) mass is 510 g/mol. The number of anilines is 1. The maximum atomic E-state index is 13.0. The zero-order chi connectivity index (χ0) is 26.0. The summed E-state index contributed by atoms with van der Waals surface area (Å²) in [5.74, 6) is -1.51. The van der Waals surface area contributed by atoms with Crippen molar-refractivity contribution >= 4 is 51.9 Å². The van der Waals surface area contributed by atoms with Crippen molar-refractivity contribution in [3.05, 3.63) is 64.8 Å². The molecule has 188 valence electrons. The van der Waals surface area contributed by atoms with E-state index in [4.69, 9.17) is 16.3 Å². The molecule has 1 aliphatic rings. The molecule has 3 amide bonds. The number of piperazine rings is 1. The topological polar surface area (TPSA) is 112 Å². The SMILES string of the molecule is CC(C)(C)OC(=O)Nc1cccc(C(=O)N2CCN(C(=O)C(=O)c3c[nH]c4cccc(Cl)c34)CC2)c1. The largest absolute Gasteiger partial charge is 0.444 e. The Labute approximate surface area is 213 Å². The van der Waals surface area contributed by atoms with Gasteiger partial charge >= 0.3 is 6.09 Å². The molecule has 2 heterocycles. The third kappa shape index (κ3) is 5.52. The number of benzene rings is 2. The van der Waals surface area contributed by atoms with Gasteiger partial charge in [0.05, 0.1) is 10.6 Å². The number of amides is 3. The van der Waals surface area contributed by atoms with Crippen LogP contribution < -0.4 is 5.32 Å². The average Bonchev–Trinajstić information content (AvgIpc) is 3.27. The van der Waals surface area contributed by atoms with Crippen molar-refractivity contribution < 1.29 is 23.9 Å². The van der Waals surface area contributed by atoms with Crippen LogP contribution in [0, 0.1) is 0 Å². The summed E-state index contributed by atoms with van der Waals surface area (Å²) in [6, 6.07) is 11.8. The zero-order valence-electron chi connectivity index (χ0n) is 20.3. The number of rotatable bonds is 4. The molecule has 1 fully saturated rings. The number of fused-ring (bicyclic) bond motifs is 1. The Kier molecular flexibility index (Phi) is 7.03. The van der Waals surface area contributed by atoms with E-state index in [0.29, 0.717) is 27.2 Å². The summed E-state index contributed by atoms with van der Waals surface area (Å²) in [6.45, 7) is 6.29. The normalized spacial score (nSPS) is 14.0. The highest BCUT2D eigenvalue weighted by Gasteiger charge is 2.30. The van der Waals surface area contributed by atoms with E-state index < -0.39 is 23.4 Å². The smallest absolute Gasteiger partial charge is 0.412 e. The summed E-state index contributed by atoms with van der Waals surface area (Å²) in [5, 5.41) is 3.54. The van der Waals surface area contributed by atoms with Gasteiger partial charge < -0.3 is 19.5 Å². The maximum absolute atomic E-state index is 13.0. The molecule has 10 heteroatoms. The van der Waals surface area contributed by atoms with Gasteiger partial charge in [0.15, 0.2) is 0 Å². The van der Waals surface area contributed by atoms with E-state index in [1.165, 1.54) is 11.1 Å². The van der Waals surface area contributed by atoms with Crippen LogP contribution in [-0.4, -0.2) is 70.3 Å². The first kappa shape index (κ1) is 25.2. The quantitative estimate of drug-likeness (QED) is 0.400. The molecule has 0 spiro atoms. The van der Waals surface area contributed by atoms with E-state index in [9.17, 15) is 19.2 Å². The Hall–Kier alpha value is -3.85. The molecular formula is C26H27ClN4O5. The van der Waals surface area contributed by atoms with Gasteiger partial charge in [-0.3, -0.25) is 19.7 Å². The van der Waals surface area contributed by atoms with Gasteiger partial charge in [0, 0.05) is 54.5 Å². The number of nitrogens with zero attached hydrogens (tertiary/aromatic N) is 2. The van der Waals surface area contributed by atoms with Gasteiger partial charge in [-0.25, -0.2) is 4.79 Å². The van der Waals surface area contributed by atoms with Crippen molar-refractivity contribution in [1.82, 2.24) is 14.8 Å². The van der Waals surface area contributed by atoms with Gasteiger partial charge in [-0.2, -0.15) is 0 Å². The number of hydrogen-bond acceptors (Lipinski definition) is 5. The fraction of sp³-hybridized carbons (Fsp3) is 0.308. The molecule has 0 saturated carbocycles. The Morgan fingerprint density at radius 2 is 1.64 bits per heavy atom. The first-order valence-electron chi connectivity index (χ1n) is 11.5. The fourth-order valence-corrected chi connectivity index (χ4v) is 4.30. The molecule has 1 aliphatic heterocycles. The van der Waals surface area contributed by atoms with Crippen LogP contribution in [0.4, 0.5) is 10.5 Å². The molecule has 0 radical (unpaired) electrons. The minimum Gasteiger partial charge on any atom is -0.444 e. The van der Waals surface area contributed by atoms with Crippen molar-refractivity contribution in [3.8, 4) is 0 Å². The molecule has 0 unspecified atom stereocenters. The van der Waals surface area contributed by atoms with Crippen LogP contribution in [0.15, 0.2) is 48.7 Å². The second-order valence-electron chi connectivity index (χ2n) is 9.49. The summed E-state index contributed by atoms with van der Waals surface area (Å²) in [6.07, 6.45) is 0.884. The first-order valence-corrected chi connectivity index (χ1v) is 11.9. The van der Waals surface area contributed by atoms with Gasteiger partial charge in [0.2, 0.25) is 0 Å².